The molecule has 0 aromatic rings. The normalized spacial score (nSPS) is 28.7. The lowest BCUT2D eigenvalue weighted by Gasteiger charge is -2.28. The van der Waals surface area contributed by atoms with E-state index in [0.717, 1.165) is 18.8 Å². The topological polar surface area (TPSA) is 75.3 Å². The zero-order valence-electron chi connectivity index (χ0n) is 9.41. The molecule has 0 aromatic carbocycles. The van der Waals surface area contributed by atoms with Gasteiger partial charge in [-0.25, -0.2) is 0 Å². The molecule has 4 N–H and O–H groups in total. The molecule has 4 heteroatoms. The van der Waals surface area contributed by atoms with E-state index in [1.54, 1.807) is 0 Å². The maximum absolute atomic E-state index is 10.5. The number of carboxylic acid groups (broad SMARTS) is 1. The maximum atomic E-state index is 10.5. The lowest BCUT2D eigenvalue weighted by atomic mass is 9.84. The minimum absolute atomic E-state index is 0.386. The van der Waals surface area contributed by atoms with Gasteiger partial charge in [0.25, 0.3) is 0 Å². The van der Waals surface area contributed by atoms with Crippen LogP contribution < -0.4 is 11.1 Å². The summed E-state index contributed by atoms with van der Waals surface area (Å²) in [4.78, 5) is 10.5. The fraction of sp³-hybridized carbons (Fsp3) is 0.909. The summed E-state index contributed by atoms with van der Waals surface area (Å²) in [7, 11) is 0. The molecule has 1 fully saturated rings. The molecule has 0 aromatic heterocycles. The monoisotopic (exact) mass is 214 g/mol. The van der Waals surface area contributed by atoms with Crippen molar-refractivity contribution >= 4 is 5.97 Å². The van der Waals surface area contributed by atoms with Gasteiger partial charge < -0.3 is 16.2 Å². The van der Waals surface area contributed by atoms with Crippen molar-refractivity contribution in [3.8, 4) is 0 Å². The number of aliphatic carboxylic acids is 1. The summed E-state index contributed by atoms with van der Waals surface area (Å²) in [6.07, 6.45) is 6.10. The van der Waals surface area contributed by atoms with Crippen LogP contribution in [-0.4, -0.2) is 29.7 Å². The second-order valence-corrected chi connectivity index (χ2v) is 4.48. The summed E-state index contributed by atoms with van der Waals surface area (Å²) in [5.74, 6) is -0.0547. The van der Waals surface area contributed by atoms with E-state index < -0.39 is 12.0 Å². The molecule has 0 heterocycles. The third-order valence-electron chi connectivity index (χ3n) is 3.37. The number of nitrogens with one attached hydrogen (secondary N) is 1. The van der Waals surface area contributed by atoms with Crippen molar-refractivity contribution in [1.29, 1.82) is 0 Å². The van der Waals surface area contributed by atoms with Crippen molar-refractivity contribution < 1.29 is 9.90 Å². The van der Waals surface area contributed by atoms with E-state index >= 15 is 0 Å². The summed E-state index contributed by atoms with van der Waals surface area (Å²) < 4.78 is 0. The zero-order valence-corrected chi connectivity index (χ0v) is 9.41. The molecule has 0 aliphatic heterocycles. The van der Waals surface area contributed by atoms with Gasteiger partial charge >= 0.3 is 5.97 Å². The van der Waals surface area contributed by atoms with Crippen LogP contribution in [0.25, 0.3) is 0 Å². The third kappa shape index (κ3) is 4.18. The van der Waals surface area contributed by atoms with Crippen molar-refractivity contribution in [2.75, 3.05) is 6.54 Å². The van der Waals surface area contributed by atoms with Crippen molar-refractivity contribution in [3.63, 3.8) is 0 Å². The van der Waals surface area contributed by atoms with Gasteiger partial charge in [-0.1, -0.05) is 13.3 Å². The number of rotatable bonds is 5. The lowest BCUT2D eigenvalue weighted by Crippen LogP contribution is -2.45. The van der Waals surface area contributed by atoms with Crippen LogP contribution in [0.1, 0.15) is 39.0 Å². The van der Waals surface area contributed by atoms with E-state index in [2.05, 4.69) is 12.2 Å². The Kier molecular flexibility index (Phi) is 5.05. The fourth-order valence-electron chi connectivity index (χ4n) is 2.16. The Morgan fingerprint density at radius 1 is 1.47 bits per heavy atom. The second kappa shape index (κ2) is 6.08. The summed E-state index contributed by atoms with van der Waals surface area (Å²) in [6, 6.07) is -0.299. The zero-order chi connectivity index (χ0) is 11.3. The minimum atomic E-state index is -0.926. The van der Waals surface area contributed by atoms with Crippen molar-refractivity contribution in [1.82, 2.24) is 5.32 Å². The van der Waals surface area contributed by atoms with Crippen molar-refractivity contribution in [2.45, 2.75) is 51.1 Å². The van der Waals surface area contributed by atoms with Crippen LogP contribution in [0.2, 0.25) is 0 Å². The van der Waals surface area contributed by atoms with Gasteiger partial charge in [-0.3, -0.25) is 4.79 Å². The van der Waals surface area contributed by atoms with Crippen LogP contribution in [0.15, 0.2) is 0 Å². The average Bonchev–Trinajstić information content (AvgIpc) is 2.26. The van der Waals surface area contributed by atoms with Gasteiger partial charge in [-0.2, -0.15) is 0 Å². The van der Waals surface area contributed by atoms with E-state index in [1.165, 1.54) is 19.3 Å². The van der Waals surface area contributed by atoms with Crippen LogP contribution in [0, 0.1) is 5.92 Å². The smallest absolute Gasteiger partial charge is 0.321 e. The van der Waals surface area contributed by atoms with Gasteiger partial charge in [0, 0.05) is 12.6 Å². The van der Waals surface area contributed by atoms with Crippen molar-refractivity contribution in [2.24, 2.45) is 11.7 Å². The Balaban J connectivity index is 2.16. The summed E-state index contributed by atoms with van der Waals surface area (Å²) in [5.41, 5.74) is 5.43. The van der Waals surface area contributed by atoms with Gasteiger partial charge in [-0.15, -0.1) is 0 Å². The summed E-state index contributed by atoms with van der Waals surface area (Å²) >= 11 is 0. The molecule has 1 atom stereocenters. The SMILES string of the molecule is CCC1CCC(NCC(N)C(=O)O)CC1. The molecule has 0 radical (unpaired) electrons. The van der Waals surface area contributed by atoms with Gasteiger partial charge in [0.1, 0.15) is 6.04 Å². The highest BCUT2D eigenvalue weighted by Gasteiger charge is 2.20. The number of hydrogen-bond acceptors (Lipinski definition) is 3. The van der Waals surface area contributed by atoms with Crippen LogP contribution in [-0.2, 0) is 4.79 Å². The van der Waals surface area contributed by atoms with E-state index in [1.807, 2.05) is 0 Å². The molecule has 15 heavy (non-hydrogen) atoms. The molecular weight excluding hydrogens is 192 g/mol. The third-order valence-corrected chi connectivity index (χ3v) is 3.37. The average molecular weight is 214 g/mol. The molecule has 4 nitrogen and oxygen atoms in total. The van der Waals surface area contributed by atoms with Gasteiger partial charge in [0.2, 0.25) is 0 Å². The van der Waals surface area contributed by atoms with Gasteiger partial charge in [0.15, 0.2) is 0 Å². The second-order valence-electron chi connectivity index (χ2n) is 4.48. The molecule has 1 unspecified atom stereocenters. The largest absolute Gasteiger partial charge is 0.480 e. The molecular formula is C11H22N2O2. The Morgan fingerprint density at radius 3 is 2.53 bits per heavy atom. The molecule has 1 aliphatic carbocycles. The van der Waals surface area contributed by atoms with Crippen LogP contribution in [0.5, 0.6) is 0 Å². The number of carbonyl (C=O) groups is 1. The molecule has 0 saturated heterocycles. The Hall–Kier alpha value is -0.610. The molecule has 1 rings (SSSR count). The Morgan fingerprint density at radius 2 is 2.07 bits per heavy atom. The quantitative estimate of drug-likeness (QED) is 0.637. The van der Waals surface area contributed by atoms with Crippen LogP contribution in [0.3, 0.4) is 0 Å². The van der Waals surface area contributed by atoms with E-state index in [-0.39, 0.29) is 0 Å². The number of hydrogen-bond donors (Lipinski definition) is 3. The number of nitrogens with two attached hydrogens (primary N) is 1. The predicted molar refractivity (Wildman–Crippen MR) is 59.7 cm³/mol. The molecule has 1 aliphatic rings. The summed E-state index contributed by atoms with van der Waals surface area (Å²) in [5, 5.41) is 11.9. The minimum Gasteiger partial charge on any atom is -0.480 e. The highest BCUT2D eigenvalue weighted by atomic mass is 16.4. The first kappa shape index (κ1) is 12.5. The predicted octanol–water partition coefficient (Wildman–Crippen LogP) is 0.957. The highest BCUT2D eigenvalue weighted by molar-refractivity contribution is 5.73. The van der Waals surface area contributed by atoms with Gasteiger partial charge in [-0.05, 0) is 31.6 Å². The van der Waals surface area contributed by atoms with Gasteiger partial charge in [0.05, 0.1) is 0 Å². The Labute approximate surface area is 91.2 Å². The molecule has 0 amide bonds. The molecule has 0 spiro atoms. The van der Waals surface area contributed by atoms with Crippen molar-refractivity contribution in [3.05, 3.63) is 0 Å². The van der Waals surface area contributed by atoms with E-state index in [9.17, 15) is 4.79 Å². The number of carboxylic acids is 1. The van der Waals surface area contributed by atoms with E-state index in [0.29, 0.717) is 12.6 Å². The molecule has 0 bridgehead atoms. The van der Waals surface area contributed by atoms with Crippen LogP contribution >= 0.6 is 0 Å². The standard InChI is InChI=1S/C11H22N2O2/c1-2-8-3-5-9(6-4-8)13-7-10(12)11(14)15/h8-10,13H,2-7,12H2,1H3,(H,14,15). The first-order valence-electron chi connectivity index (χ1n) is 5.85. The fourth-order valence-corrected chi connectivity index (χ4v) is 2.16. The molecule has 88 valence electrons. The Bertz CT molecular complexity index is 201. The lowest BCUT2D eigenvalue weighted by molar-refractivity contribution is -0.138. The molecule has 1 saturated carbocycles. The van der Waals surface area contributed by atoms with Crippen LogP contribution in [0.4, 0.5) is 0 Å². The summed E-state index contributed by atoms with van der Waals surface area (Å²) in [6.45, 7) is 2.62. The first-order valence-corrected chi connectivity index (χ1v) is 5.85. The van der Waals surface area contributed by atoms with E-state index in [4.69, 9.17) is 10.8 Å². The first-order chi connectivity index (χ1) is 7.13. The highest BCUT2D eigenvalue weighted by Crippen LogP contribution is 2.26. The maximum Gasteiger partial charge on any atom is 0.321 e.